The lowest BCUT2D eigenvalue weighted by molar-refractivity contribution is -0.137. The summed E-state index contributed by atoms with van der Waals surface area (Å²) < 4.78 is 6.04. The van der Waals surface area contributed by atoms with E-state index in [1.807, 2.05) is 18.2 Å². The standard InChI is InChI=1S/C18H24O2/c1-14(15-7-3-2-4-8-15)17(19)16-9-12-20-18(13-16)10-5-6-11-18/h2-4,7-8,14,16H,5-6,9-13H2,1H3. The van der Waals surface area contributed by atoms with Crippen LogP contribution in [0.5, 0.6) is 0 Å². The molecule has 1 heterocycles. The van der Waals surface area contributed by atoms with Gasteiger partial charge in [0.1, 0.15) is 5.78 Å². The molecule has 1 aromatic rings. The largest absolute Gasteiger partial charge is 0.375 e. The number of benzene rings is 1. The van der Waals surface area contributed by atoms with Crippen molar-refractivity contribution < 1.29 is 9.53 Å². The highest BCUT2D eigenvalue weighted by molar-refractivity contribution is 5.87. The number of carbonyl (C=O) groups excluding carboxylic acids is 1. The first-order valence-corrected chi connectivity index (χ1v) is 7.93. The van der Waals surface area contributed by atoms with Crippen LogP contribution in [0.3, 0.4) is 0 Å². The Morgan fingerprint density at radius 3 is 2.65 bits per heavy atom. The van der Waals surface area contributed by atoms with Crippen molar-refractivity contribution in [1.29, 1.82) is 0 Å². The van der Waals surface area contributed by atoms with E-state index in [4.69, 9.17) is 4.74 Å². The Morgan fingerprint density at radius 2 is 1.95 bits per heavy atom. The summed E-state index contributed by atoms with van der Waals surface area (Å²) in [4.78, 5) is 12.8. The summed E-state index contributed by atoms with van der Waals surface area (Å²) in [5.74, 6) is 0.612. The zero-order valence-electron chi connectivity index (χ0n) is 12.3. The monoisotopic (exact) mass is 272 g/mol. The Hall–Kier alpha value is -1.15. The van der Waals surface area contributed by atoms with Gasteiger partial charge in [-0.05, 0) is 31.2 Å². The number of carbonyl (C=O) groups is 1. The van der Waals surface area contributed by atoms with E-state index in [1.54, 1.807) is 0 Å². The molecule has 108 valence electrons. The third kappa shape index (κ3) is 2.67. The van der Waals surface area contributed by atoms with Crippen molar-refractivity contribution >= 4 is 5.78 Å². The zero-order valence-corrected chi connectivity index (χ0v) is 12.3. The van der Waals surface area contributed by atoms with Crippen LogP contribution in [0, 0.1) is 5.92 Å². The molecule has 1 aliphatic heterocycles. The molecule has 2 atom stereocenters. The second-order valence-corrected chi connectivity index (χ2v) is 6.46. The van der Waals surface area contributed by atoms with Gasteiger partial charge in [-0.3, -0.25) is 4.79 Å². The molecule has 2 aliphatic rings. The molecule has 2 unspecified atom stereocenters. The van der Waals surface area contributed by atoms with Crippen molar-refractivity contribution in [3.63, 3.8) is 0 Å². The summed E-state index contributed by atoms with van der Waals surface area (Å²) in [5.41, 5.74) is 1.18. The Balaban J connectivity index is 1.70. The molecule has 0 aromatic heterocycles. The van der Waals surface area contributed by atoms with Gasteiger partial charge in [-0.1, -0.05) is 50.1 Å². The van der Waals surface area contributed by atoms with Crippen molar-refractivity contribution in [2.24, 2.45) is 5.92 Å². The molecule has 2 nitrogen and oxygen atoms in total. The fraction of sp³-hybridized carbons (Fsp3) is 0.611. The third-order valence-electron chi connectivity index (χ3n) is 5.14. The average Bonchev–Trinajstić information content (AvgIpc) is 2.94. The van der Waals surface area contributed by atoms with Gasteiger partial charge in [0, 0.05) is 18.4 Å². The summed E-state index contributed by atoms with van der Waals surface area (Å²) in [7, 11) is 0. The maximum Gasteiger partial charge on any atom is 0.143 e. The minimum atomic E-state index is 0.0118. The van der Waals surface area contributed by atoms with Crippen LogP contribution < -0.4 is 0 Å². The van der Waals surface area contributed by atoms with Crippen molar-refractivity contribution in [3.05, 3.63) is 35.9 Å². The summed E-state index contributed by atoms with van der Waals surface area (Å²) in [6.07, 6.45) is 6.66. The van der Waals surface area contributed by atoms with Gasteiger partial charge in [-0.2, -0.15) is 0 Å². The number of ketones is 1. The number of hydrogen-bond donors (Lipinski definition) is 0. The van der Waals surface area contributed by atoms with E-state index in [9.17, 15) is 4.79 Å². The van der Waals surface area contributed by atoms with E-state index in [-0.39, 0.29) is 17.4 Å². The molecule has 1 saturated carbocycles. The van der Waals surface area contributed by atoms with Gasteiger partial charge in [0.25, 0.3) is 0 Å². The van der Waals surface area contributed by atoms with Crippen LogP contribution in [0.1, 0.15) is 56.9 Å². The van der Waals surface area contributed by atoms with E-state index in [1.165, 1.54) is 12.8 Å². The molecule has 0 N–H and O–H groups in total. The first-order chi connectivity index (χ1) is 9.70. The van der Waals surface area contributed by atoms with Crippen molar-refractivity contribution in [2.75, 3.05) is 6.61 Å². The molecule has 0 radical (unpaired) electrons. The van der Waals surface area contributed by atoms with Gasteiger partial charge in [0.2, 0.25) is 0 Å². The first kappa shape index (κ1) is 13.8. The fourth-order valence-electron chi connectivity index (χ4n) is 3.90. The Morgan fingerprint density at radius 1 is 1.25 bits per heavy atom. The highest BCUT2D eigenvalue weighted by Gasteiger charge is 2.42. The summed E-state index contributed by atoms with van der Waals surface area (Å²) in [6, 6.07) is 10.2. The van der Waals surface area contributed by atoms with Crippen LogP contribution in [0.15, 0.2) is 30.3 Å². The second kappa shape index (κ2) is 5.69. The Kier molecular flexibility index (Phi) is 3.93. The van der Waals surface area contributed by atoms with Crippen LogP contribution in [0.25, 0.3) is 0 Å². The second-order valence-electron chi connectivity index (χ2n) is 6.46. The molecule has 0 amide bonds. The molecule has 1 saturated heterocycles. The Bertz CT molecular complexity index is 460. The van der Waals surface area contributed by atoms with Gasteiger partial charge in [0.05, 0.1) is 5.60 Å². The molecule has 3 rings (SSSR count). The Labute approximate surface area is 121 Å². The van der Waals surface area contributed by atoms with Crippen LogP contribution in [-0.2, 0) is 9.53 Å². The topological polar surface area (TPSA) is 26.3 Å². The number of Topliss-reactive ketones (excluding diaryl/α,β-unsaturated/α-hetero) is 1. The lowest BCUT2D eigenvalue weighted by atomic mass is 9.78. The number of rotatable bonds is 3. The van der Waals surface area contributed by atoms with Gasteiger partial charge < -0.3 is 4.74 Å². The molecule has 0 bridgehead atoms. The van der Waals surface area contributed by atoms with Gasteiger partial charge in [-0.15, -0.1) is 0 Å². The van der Waals surface area contributed by atoms with Gasteiger partial charge >= 0.3 is 0 Å². The molecule has 20 heavy (non-hydrogen) atoms. The number of ether oxygens (including phenoxy) is 1. The normalized spacial score (nSPS) is 26.6. The zero-order chi connectivity index (χ0) is 14.0. The van der Waals surface area contributed by atoms with Crippen molar-refractivity contribution in [3.8, 4) is 0 Å². The lowest BCUT2D eigenvalue weighted by Gasteiger charge is -2.38. The van der Waals surface area contributed by atoms with Crippen LogP contribution in [0.2, 0.25) is 0 Å². The molecule has 1 spiro atoms. The third-order valence-corrected chi connectivity index (χ3v) is 5.14. The van der Waals surface area contributed by atoms with Gasteiger partial charge in [0.15, 0.2) is 0 Å². The SMILES string of the molecule is CC(C(=O)C1CCOC2(CCCC2)C1)c1ccccc1. The highest BCUT2D eigenvalue weighted by atomic mass is 16.5. The molecule has 2 fully saturated rings. The minimum absolute atomic E-state index is 0.0118. The minimum Gasteiger partial charge on any atom is -0.375 e. The molecular formula is C18H24O2. The van der Waals surface area contributed by atoms with E-state index in [2.05, 4.69) is 19.1 Å². The predicted molar refractivity (Wildman–Crippen MR) is 79.7 cm³/mol. The van der Waals surface area contributed by atoms with E-state index in [0.717, 1.165) is 37.9 Å². The summed E-state index contributed by atoms with van der Waals surface area (Å²) in [6.45, 7) is 2.81. The van der Waals surface area contributed by atoms with Gasteiger partial charge in [-0.25, -0.2) is 0 Å². The quantitative estimate of drug-likeness (QED) is 0.828. The van der Waals surface area contributed by atoms with Crippen LogP contribution in [0.4, 0.5) is 0 Å². The summed E-state index contributed by atoms with van der Waals surface area (Å²) in [5, 5.41) is 0. The summed E-state index contributed by atoms with van der Waals surface area (Å²) >= 11 is 0. The fourth-order valence-corrected chi connectivity index (χ4v) is 3.90. The molecular weight excluding hydrogens is 248 g/mol. The first-order valence-electron chi connectivity index (χ1n) is 7.93. The number of hydrogen-bond acceptors (Lipinski definition) is 2. The maximum atomic E-state index is 12.8. The van der Waals surface area contributed by atoms with Crippen LogP contribution >= 0.6 is 0 Å². The van der Waals surface area contributed by atoms with E-state index >= 15 is 0 Å². The van der Waals surface area contributed by atoms with Crippen molar-refractivity contribution in [2.45, 2.75) is 57.0 Å². The van der Waals surface area contributed by atoms with E-state index in [0.29, 0.717) is 5.78 Å². The van der Waals surface area contributed by atoms with E-state index < -0.39 is 0 Å². The lowest BCUT2D eigenvalue weighted by Crippen LogP contribution is -2.40. The maximum absolute atomic E-state index is 12.8. The highest BCUT2D eigenvalue weighted by Crippen LogP contribution is 2.43. The van der Waals surface area contributed by atoms with Crippen molar-refractivity contribution in [1.82, 2.24) is 0 Å². The average molecular weight is 272 g/mol. The smallest absolute Gasteiger partial charge is 0.143 e. The predicted octanol–water partition coefficient (Wildman–Crippen LogP) is 4.10. The van der Waals surface area contributed by atoms with Crippen LogP contribution in [-0.4, -0.2) is 18.0 Å². The molecule has 1 aliphatic carbocycles. The molecule has 2 heteroatoms. The molecule has 1 aromatic carbocycles.